The second kappa shape index (κ2) is 5.67. The molecule has 1 atom stereocenters. The summed E-state index contributed by atoms with van der Waals surface area (Å²) in [4.78, 5) is 13.1. The van der Waals surface area contributed by atoms with E-state index in [-0.39, 0.29) is 17.9 Å². The number of rotatable bonds is 2. The second-order valence-electron chi connectivity index (χ2n) is 7.39. The summed E-state index contributed by atoms with van der Waals surface area (Å²) in [5.41, 5.74) is -0.693. The molecule has 0 aromatic heterocycles. The van der Waals surface area contributed by atoms with Gasteiger partial charge in [0.2, 0.25) is 0 Å². The number of esters is 1. The van der Waals surface area contributed by atoms with Crippen molar-refractivity contribution in [2.45, 2.75) is 17.6 Å². The van der Waals surface area contributed by atoms with E-state index in [9.17, 15) is 20.1 Å². The van der Waals surface area contributed by atoms with Crippen LogP contribution in [0.1, 0.15) is 28.7 Å². The van der Waals surface area contributed by atoms with Crippen LogP contribution in [-0.4, -0.2) is 21.3 Å². The third-order valence-electron chi connectivity index (χ3n) is 5.91. The Labute approximate surface area is 161 Å². The molecule has 0 spiro atoms. The van der Waals surface area contributed by atoms with Gasteiger partial charge in [0.1, 0.15) is 22.7 Å². The van der Waals surface area contributed by atoms with Crippen LogP contribution < -0.4 is 4.74 Å². The molecule has 0 amide bonds. The first kappa shape index (κ1) is 17.0. The Bertz CT molecular complexity index is 1040. The number of fused-ring (bicyclic) bond motifs is 1. The molecule has 3 aromatic carbocycles. The van der Waals surface area contributed by atoms with Gasteiger partial charge in [-0.3, -0.25) is 4.79 Å². The highest BCUT2D eigenvalue weighted by Crippen LogP contribution is 2.59. The van der Waals surface area contributed by atoms with Crippen LogP contribution >= 0.6 is 0 Å². The van der Waals surface area contributed by atoms with Gasteiger partial charge in [0.15, 0.2) is 0 Å². The number of carbonyl (C=O) groups excluding carboxylic acids is 1. The number of aromatic hydroxyl groups is 1. The Balaban J connectivity index is 1.64. The molecule has 5 heteroatoms. The van der Waals surface area contributed by atoms with Crippen LogP contribution in [0.3, 0.4) is 0 Å². The van der Waals surface area contributed by atoms with E-state index in [1.54, 1.807) is 36.4 Å². The van der Waals surface area contributed by atoms with Gasteiger partial charge >= 0.3 is 5.97 Å². The molecule has 0 radical (unpaired) electrons. The molecule has 0 saturated carbocycles. The van der Waals surface area contributed by atoms with E-state index in [4.69, 9.17) is 4.74 Å². The summed E-state index contributed by atoms with van der Waals surface area (Å²) in [7, 11) is 0. The zero-order chi connectivity index (χ0) is 19.5. The van der Waals surface area contributed by atoms with Crippen LogP contribution in [0.25, 0.3) is 0 Å². The highest BCUT2D eigenvalue weighted by atomic mass is 16.5. The van der Waals surface area contributed by atoms with E-state index in [2.05, 4.69) is 0 Å². The Morgan fingerprint density at radius 3 is 1.86 bits per heavy atom. The number of phenols is 1. The van der Waals surface area contributed by atoms with Gasteiger partial charge in [0, 0.05) is 6.42 Å². The van der Waals surface area contributed by atoms with Crippen LogP contribution in [0.2, 0.25) is 0 Å². The number of phenolic OH excluding ortho intramolecular Hbond substituents is 1. The molecule has 3 aliphatic rings. The van der Waals surface area contributed by atoms with E-state index >= 15 is 0 Å². The lowest BCUT2D eigenvalue weighted by molar-refractivity contribution is -0.157. The average molecular weight is 374 g/mol. The van der Waals surface area contributed by atoms with Gasteiger partial charge in [-0.1, -0.05) is 48.5 Å². The van der Waals surface area contributed by atoms with E-state index in [1.165, 1.54) is 24.3 Å². The fraction of sp³-hybridized carbons (Fsp3) is 0.174. The van der Waals surface area contributed by atoms with Crippen molar-refractivity contribution >= 4 is 5.97 Å². The molecule has 0 aliphatic heterocycles. The van der Waals surface area contributed by atoms with E-state index < -0.39 is 23.1 Å². The van der Waals surface area contributed by atoms with E-state index in [0.717, 1.165) is 0 Å². The Hall–Kier alpha value is -3.15. The maximum Gasteiger partial charge on any atom is 0.318 e. The quantitative estimate of drug-likeness (QED) is 0.474. The molecule has 140 valence electrons. The average Bonchev–Trinajstić information content (AvgIpc) is 2.72. The molecule has 2 bridgehead atoms. The molecule has 3 aromatic rings. The predicted molar refractivity (Wildman–Crippen MR) is 101 cm³/mol. The second-order valence-corrected chi connectivity index (χ2v) is 7.39. The zero-order valence-electron chi connectivity index (χ0n) is 14.9. The molecule has 28 heavy (non-hydrogen) atoms. The first-order valence-corrected chi connectivity index (χ1v) is 9.10. The van der Waals surface area contributed by atoms with Crippen molar-refractivity contribution in [3.8, 4) is 11.5 Å². The van der Waals surface area contributed by atoms with Crippen LogP contribution in [-0.2, 0) is 16.0 Å². The van der Waals surface area contributed by atoms with Crippen molar-refractivity contribution in [1.82, 2.24) is 0 Å². The molecule has 6 rings (SSSR count). The number of hydrogen-bond acceptors (Lipinski definition) is 5. The normalized spacial score (nSPS) is 27.0. The number of benzene rings is 3. The standard InChI is InChI=1S/C23H18O5/c24-14-9-11-15(12-10-14)28-21(25)20-13-22(26)16-5-1-3-7-18(16)23(20,27)19-8-4-2-6-17(19)22/h1-12,20,24,26-27H,13H2. The minimum Gasteiger partial charge on any atom is -0.508 e. The summed E-state index contributed by atoms with van der Waals surface area (Å²) in [6.07, 6.45) is 0.0223. The van der Waals surface area contributed by atoms with Crippen molar-refractivity contribution < 1.29 is 24.9 Å². The SMILES string of the molecule is O=C(Oc1ccc(O)cc1)C1CC2(O)c3ccccc3C1(O)c1ccccc12. The van der Waals surface area contributed by atoms with Crippen molar-refractivity contribution in [2.75, 3.05) is 0 Å². The molecule has 1 unspecified atom stereocenters. The number of hydrogen-bond donors (Lipinski definition) is 3. The number of carbonyl (C=O) groups is 1. The Kier molecular flexibility index (Phi) is 3.44. The zero-order valence-corrected chi connectivity index (χ0v) is 14.9. The van der Waals surface area contributed by atoms with Crippen LogP contribution in [0.5, 0.6) is 11.5 Å². The molecular weight excluding hydrogens is 356 g/mol. The molecule has 3 N–H and O–H groups in total. The summed E-state index contributed by atoms with van der Waals surface area (Å²) in [5.74, 6) is -1.28. The number of aliphatic hydroxyl groups is 2. The largest absolute Gasteiger partial charge is 0.508 e. The van der Waals surface area contributed by atoms with Gasteiger partial charge in [-0.05, 0) is 46.5 Å². The van der Waals surface area contributed by atoms with Crippen LogP contribution in [0.15, 0.2) is 72.8 Å². The van der Waals surface area contributed by atoms with Crippen LogP contribution in [0.4, 0.5) is 0 Å². The van der Waals surface area contributed by atoms with E-state index in [0.29, 0.717) is 22.3 Å². The van der Waals surface area contributed by atoms with Crippen molar-refractivity contribution in [1.29, 1.82) is 0 Å². The lowest BCUT2D eigenvalue weighted by atomic mass is 9.54. The topological polar surface area (TPSA) is 87.0 Å². The summed E-state index contributed by atoms with van der Waals surface area (Å²) < 4.78 is 5.48. The van der Waals surface area contributed by atoms with Gasteiger partial charge in [-0.15, -0.1) is 0 Å². The monoisotopic (exact) mass is 374 g/mol. The molecule has 5 nitrogen and oxygen atoms in total. The van der Waals surface area contributed by atoms with Crippen molar-refractivity contribution in [3.63, 3.8) is 0 Å². The van der Waals surface area contributed by atoms with Crippen molar-refractivity contribution in [2.24, 2.45) is 5.92 Å². The summed E-state index contributed by atoms with van der Waals surface area (Å²) >= 11 is 0. The van der Waals surface area contributed by atoms with Gasteiger partial charge in [0.05, 0.1) is 5.92 Å². The maximum atomic E-state index is 13.1. The third kappa shape index (κ3) is 2.11. The molecule has 0 saturated heterocycles. The molecular formula is C23H18O5. The van der Waals surface area contributed by atoms with Crippen LogP contribution in [0, 0.1) is 5.92 Å². The van der Waals surface area contributed by atoms with Gasteiger partial charge < -0.3 is 20.1 Å². The summed E-state index contributed by atoms with van der Waals surface area (Å²) in [5, 5.41) is 32.8. The molecule has 0 fully saturated rings. The van der Waals surface area contributed by atoms with Gasteiger partial charge in [-0.25, -0.2) is 0 Å². The van der Waals surface area contributed by atoms with E-state index in [1.807, 2.05) is 12.1 Å². The Morgan fingerprint density at radius 2 is 1.32 bits per heavy atom. The summed E-state index contributed by atoms with van der Waals surface area (Å²) in [6, 6.07) is 20.1. The molecule has 3 aliphatic carbocycles. The third-order valence-corrected chi connectivity index (χ3v) is 5.91. The fourth-order valence-corrected chi connectivity index (χ4v) is 4.64. The first-order chi connectivity index (χ1) is 13.4. The predicted octanol–water partition coefficient (Wildman–Crippen LogP) is 2.80. The molecule has 0 heterocycles. The van der Waals surface area contributed by atoms with Crippen molar-refractivity contribution in [3.05, 3.63) is 95.1 Å². The lowest BCUT2D eigenvalue weighted by Gasteiger charge is -2.53. The highest BCUT2D eigenvalue weighted by molar-refractivity contribution is 5.81. The highest BCUT2D eigenvalue weighted by Gasteiger charge is 2.62. The lowest BCUT2D eigenvalue weighted by Crippen LogP contribution is -2.57. The smallest absolute Gasteiger partial charge is 0.318 e. The van der Waals surface area contributed by atoms with Gasteiger partial charge in [-0.2, -0.15) is 0 Å². The minimum absolute atomic E-state index is 0.0223. The number of ether oxygens (including phenoxy) is 1. The fourth-order valence-electron chi connectivity index (χ4n) is 4.64. The minimum atomic E-state index is -1.59. The first-order valence-electron chi connectivity index (χ1n) is 9.10. The van der Waals surface area contributed by atoms with Gasteiger partial charge in [0.25, 0.3) is 0 Å². The maximum absolute atomic E-state index is 13.1. The summed E-state index contributed by atoms with van der Waals surface area (Å²) in [6.45, 7) is 0. The Morgan fingerprint density at radius 1 is 0.821 bits per heavy atom.